The summed E-state index contributed by atoms with van der Waals surface area (Å²) in [5.41, 5.74) is 0. The molecule has 0 saturated heterocycles. The molecule has 0 fully saturated rings. The van der Waals surface area contributed by atoms with Gasteiger partial charge in [0.05, 0.1) is 0 Å². The van der Waals surface area contributed by atoms with Gasteiger partial charge >= 0.3 is 7.51 Å². The summed E-state index contributed by atoms with van der Waals surface area (Å²) in [4.78, 5) is 0. The maximum Gasteiger partial charge on any atom is 0.306 e. The van der Waals surface area contributed by atoms with Gasteiger partial charge in [0, 0.05) is 6.54 Å². The van der Waals surface area contributed by atoms with Crippen LogP contribution < -0.4 is 0 Å². The second-order valence-electron chi connectivity index (χ2n) is 13.6. The van der Waals surface area contributed by atoms with Gasteiger partial charge in [0.2, 0.25) is 7.51 Å². The average molecular weight is 767 g/mol. The Morgan fingerprint density at radius 3 is 0.809 bits per heavy atom. The van der Waals surface area contributed by atoms with E-state index in [0.29, 0.717) is 6.54 Å². The molecule has 0 aliphatic heterocycles. The molecule has 0 rings (SSSR count). The van der Waals surface area contributed by atoms with Crippen LogP contribution in [0.1, 0.15) is 19.8 Å². The normalized spacial score (nSPS) is 14.5. The molecule has 0 radical (unpaired) electrons. The molecule has 0 spiro atoms. The van der Waals surface area contributed by atoms with E-state index in [-0.39, 0.29) is 0 Å². The largest absolute Gasteiger partial charge is 0.306 e. The van der Waals surface area contributed by atoms with Gasteiger partial charge in [0.1, 0.15) is 0 Å². The summed E-state index contributed by atoms with van der Waals surface area (Å²) in [6.07, 6.45) is 1.93. The molecule has 284 valence electrons. The molecule has 16 nitrogen and oxygen atoms in total. The zero-order valence-corrected chi connectivity index (χ0v) is 39.0. The maximum absolute atomic E-state index is 6.06. The van der Waals surface area contributed by atoms with Crippen LogP contribution in [0.15, 0.2) is 22.8 Å². The zero-order chi connectivity index (χ0) is 37.5. The quantitative estimate of drug-likeness (QED) is 0.110. The van der Waals surface area contributed by atoms with Crippen molar-refractivity contribution in [3.05, 3.63) is 0 Å². The first-order valence-corrected chi connectivity index (χ1v) is 23.9. The zero-order valence-electron chi connectivity index (χ0n) is 34.5. The van der Waals surface area contributed by atoms with Crippen LogP contribution in [0.2, 0.25) is 0 Å². The van der Waals surface area contributed by atoms with E-state index in [1.807, 2.05) is 0 Å². The fraction of sp³-hybridized carbons (Fsp3) is 1.00. The molecule has 0 heterocycles. The van der Waals surface area contributed by atoms with Gasteiger partial charge in [-0.25, -0.2) is 14.1 Å². The summed E-state index contributed by atoms with van der Waals surface area (Å²) in [5.74, 6) is 0. The lowest BCUT2D eigenvalue weighted by Gasteiger charge is -2.46. The minimum absolute atomic E-state index is 0.611. The predicted molar refractivity (Wildman–Crippen MR) is 217 cm³/mol. The van der Waals surface area contributed by atoms with Gasteiger partial charge in [0.25, 0.3) is 0 Å². The smallest absolute Gasteiger partial charge is 0.252 e. The van der Waals surface area contributed by atoms with Gasteiger partial charge < -0.3 is 0 Å². The molecule has 0 aliphatic rings. The molecule has 0 amide bonds. The molecule has 21 heteroatoms. The molecular weight excluding hydrogens is 691 g/mol. The summed E-state index contributed by atoms with van der Waals surface area (Å²) in [6.45, 7) is 2.81. The molecule has 0 unspecified atom stereocenters. The first-order valence-electron chi connectivity index (χ1n) is 15.9. The average Bonchev–Trinajstić information content (AvgIpc) is 2.90. The summed E-state index contributed by atoms with van der Waals surface area (Å²) in [7, 11) is 32.6. The Morgan fingerprint density at radius 2 is 0.596 bits per heavy atom. The lowest BCUT2D eigenvalue weighted by atomic mass is 10.3. The molecule has 0 aromatic carbocycles. The Labute approximate surface area is 292 Å². The van der Waals surface area contributed by atoms with Crippen LogP contribution >= 0.6 is 37.5 Å². The second kappa shape index (κ2) is 19.0. The van der Waals surface area contributed by atoms with Crippen LogP contribution in [0.5, 0.6) is 0 Å². The molecule has 0 aromatic heterocycles. The number of hydrogen-bond acceptors (Lipinski definition) is 1. The highest BCUT2D eigenvalue weighted by atomic mass is 31.3. The van der Waals surface area contributed by atoms with E-state index in [0.717, 1.165) is 12.8 Å². The van der Waals surface area contributed by atoms with E-state index >= 15 is 0 Å². The van der Waals surface area contributed by atoms with Crippen molar-refractivity contribution < 1.29 is 0 Å². The molecular formula is C26H75N16P5. The molecule has 0 N–H and O–H groups in total. The van der Waals surface area contributed by atoms with Gasteiger partial charge in [-0.1, -0.05) is 13.3 Å². The number of rotatable bonds is 18. The van der Waals surface area contributed by atoms with Gasteiger partial charge in [0.15, 0.2) is 22.5 Å². The van der Waals surface area contributed by atoms with Gasteiger partial charge in [-0.2, -0.15) is 18.1 Å². The van der Waals surface area contributed by atoms with E-state index in [2.05, 4.69) is 213 Å². The number of nitrogens with zero attached hydrogens (tertiary/aromatic N) is 16. The molecule has 0 aromatic rings. The van der Waals surface area contributed by atoms with E-state index in [9.17, 15) is 0 Å². The first kappa shape index (κ1) is 47.7. The summed E-state index contributed by atoms with van der Waals surface area (Å²) in [6, 6.07) is 0. The molecule has 0 saturated carbocycles. The lowest BCUT2D eigenvalue weighted by molar-refractivity contribution is 0.472. The molecule has 0 bridgehead atoms. The summed E-state index contributed by atoms with van der Waals surface area (Å²) >= 11 is 0. The Hall–Kier alpha value is 0.710. The number of unbranched alkanes of at least 4 members (excludes halogenated alkanes) is 1. The van der Waals surface area contributed by atoms with Crippen molar-refractivity contribution in [1.82, 2.24) is 51.4 Å². The van der Waals surface area contributed by atoms with Crippen molar-refractivity contribution in [1.29, 1.82) is 0 Å². The first-order chi connectivity index (χ1) is 21.3. The standard InChI is InChI=1S/C26H75N16P5/c1-24-25-26-27-43(29-45(34(6)7,35(8)9)36(10)11,30-46(37(12)13,38(14)15)39(16)17)28-44(32(2)3,33(4)5)31-47(40(18)19,41(20)21)42(22)23/h24-26H2,1-23H3. The highest BCUT2D eigenvalue weighted by Crippen LogP contribution is 2.79. The van der Waals surface area contributed by atoms with Crippen molar-refractivity contribution in [2.45, 2.75) is 19.8 Å². The van der Waals surface area contributed by atoms with Gasteiger partial charge in [-0.15, -0.1) is 0 Å². The van der Waals surface area contributed by atoms with E-state index in [4.69, 9.17) is 22.8 Å². The third-order valence-electron chi connectivity index (χ3n) is 7.66. The van der Waals surface area contributed by atoms with E-state index in [1.165, 1.54) is 0 Å². The highest BCUT2D eigenvalue weighted by molar-refractivity contribution is 7.82. The van der Waals surface area contributed by atoms with Crippen LogP contribution in [0, 0.1) is 0 Å². The third kappa shape index (κ3) is 9.98. The highest BCUT2D eigenvalue weighted by Gasteiger charge is 2.42. The minimum atomic E-state index is -3.32. The Kier molecular flexibility index (Phi) is 19.3. The predicted octanol–water partition coefficient (Wildman–Crippen LogP) is 6.70. The lowest BCUT2D eigenvalue weighted by Crippen LogP contribution is -2.32. The maximum atomic E-state index is 6.06. The SMILES string of the molecule is CCCCN=P(N=P(N=P(N(C)C)(N(C)C)N(C)C)(N(C)C)N(C)C)(N=P(N(C)C)(N(C)C)N(C)C)N=P(N(C)C)(N(C)C)N(C)C. The van der Waals surface area contributed by atoms with Gasteiger partial charge in [-0.3, -0.25) is 42.0 Å². The van der Waals surface area contributed by atoms with Crippen LogP contribution in [0.4, 0.5) is 0 Å². The monoisotopic (exact) mass is 767 g/mol. The van der Waals surface area contributed by atoms with Crippen molar-refractivity contribution in [3.63, 3.8) is 0 Å². The van der Waals surface area contributed by atoms with E-state index < -0.39 is 37.5 Å². The topological polar surface area (TPSA) is 97.4 Å². The fourth-order valence-corrected chi connectivity index (χ4v) is 29.4. The van der Waals surface area contributed by atoms with Crippen LogP contribution in [-0.4, -0.2) is 213 Å². The van der Waals surface area contributed by atoms with E-state index in [1.54, 1.807) is 0 Å². The van der Waals surface area contributed by atoms with Gasteiger partial charge in [-0.05, 0) is 161 Å². The van der Waals surface area contributed by atoms with Crippen molar-refractivity contribution in [2.75, 3.05) is 162 Å². The Bertz CT molecular complexity index is 1120. The third-order valence-corrected chi connectivity index (χ3v) is 27.7. The summed E-state index contributed by atoms with van der Waals surface area (Å²) in [5, 5.41) is 0. The molecule has 47 heavy (non-hydrogen) atoms. The minimum Gasteiger partial charge on any atom is -0.252 e. The molecule has 0 atom stereocenters. The fourth-order valence-electron chi connectivity index (χ4n) is 5.78. The van der Waals surface area contributed by atoms with Crippen molar-refractivity contribution in [3.8, 4) is 0 Å². The Balaban J connectivity index is 10.0. The second-order valence-corrected chi connectivity index (χ2v) is 30.9. The van der Waals surface area contributed by atoms with Crippen LogP contribution in [-0.2, 0) is 0 Å². The van der Waals surface area contributed by atoms with Crippen LogP contribution in [0.25, 0.3) is 0 Å². The van der Waals surface area contributed by atoms with Crippen molar-refractivity contribution >= 4 is 37.5 Å². The van der Waals surface area contributed by atoms with Crippen molar-refractivity contribution in [2.24, 2.45) is 22.8 Å². The van der Waals surface area contributed by atoms with Crippen LogP contribution in [0.3, 0.4) is 0 Å². The Morgan fingerprint density at radius 1 is 0.340 bits per heavy atom. The number of hydrogen-bond donors (Lipinski definition) is 0. The molecule has 0 aliphatic carbocycles. The summed E-state index contributed by atoms with van der Waals surface area (Å²) < 4.78 is 54.2.